The Labute approximate surface area is 128 Å². The number of likely N-dealkylation sites (tertiary alicyclic amines) is 1. The highest BCUT2D eigenvalue weighted by Gasteiger charge is 2.33. The zero-order chi connectivity index (χ0) is 16.0. The Kier molecular flexibility index (Phi) is 6.65. The molecule has 1 aliphatic heterocycles. The van der Waals surface area contributed by atoms with Crippen LogP contribution in [0.1, 0.15) is 52.9 Å². The van der Waals surface area contributed by atoms with Crippen LogP contribution in [0.2, 0.25) is 0 Å². The number of ether oxygens (including phenoxy) is 1. The molecule has 1 fully saturated rings. The summed E-state index contributed by atoms with van der Waals surface area (Å²) in [5.74, 6) is -0.316. The summed E-state index contributed by atoms with van der Waals surface area (Å²) < 4.78 is 4.75. The number of hydrogen-bond acceptors (Lipinski definition) is 4. The highest BCUT2D eigenvalue weighted by atomic mass is 16.5. The molecule has 2 atom stereocenters. The number of methoxy groups -OCH3 is 1. The molecule has 1 saturated heterocycles. The molecule has 0 aromatic carbocycles. The van der Waals surface area contributed by atoms with E-state index < -0.39 is 0 Å². The van der Waals surface area contributed by atoms with Crippen molar-refractivity contribution in [1.82, 2.24) is 4.90 Å². The molecule has 1 aliphatic rings. The summed E-state index contributed by atoms with van der Waals surface area (Å²) in [7, 11) is 1.39. The van der Waals surface area contributed by atoms with Gasteiger partial charge in [0.25, 0.3) is 0 Å². The normalized spacial score (nSPS) is 21.0. The van der Waals surface area contributed by atoms with Crippen LogP contribution in [0.15, 0.2) is 0 Å². The Morgan fingerprint density at radius 3 is 2.52 bits per heavy atom. The average molecular weight is 298 g/mol. The monoisotopic (exact) mass is 298 g/mol. The second-order valence-corrected chi connectivity index (χ2v) is 7.16. The van der Waals surface area contributed by atoms with Crippen LogP contribution in [0.4, 0.5) is 0 Å². The van der Waals surface area contributed by atoms with Gasteiger partial charge in [0.05, 0.1) is 19.4 Å². The SMILES string of the molecule is COC(=O)CC1CCCCN1C(=O)C(CN)CC(C)(C)C. The van der Waals surface area contributed by atoms with Gasteiger partial charge >= 0.3 is 5.97 Å². The molecule has 0 saturated carbocycles. The van der Waals surface area contributed by atoms with Gasteiger partial charge in [-0.2, -0.15) is 0 Å². The molecule has 0 aromatic heterocycles. The van der Waals surface area contributed by atoms with Gasteiger partial charge in [-0.15, -0.1) is 0 Å². The number of rotatable bonds is 5. The minimum atomic E-state index is -0.250. The Morgan fingerprint density at radius 1 is 1.33 bits per heavy atom. The molecule has 1 rings (SSSR count). The van der Waals surface area contributed by atoms with Gasteiger partial charge in [0.2, 0.25) is 5.91 Å². The summed E-state index contributed by atoms with van der Waals surface area (Å²) >= 11 is 0. The number of hydrogen-bond donors (Lipinski definition) is 1. The van der Waals surface area contributed by atoms with Crippen molar-refractivity contribution in [1.29, 1.82) is 0 Å². The van der Waals surface area contributed by atoms with Crippen LogP contribution in [0, 0.1) is 11.3 Å². The van der Waals surface area contributed by atoms with Crippen molar-refractivity contribution in [3.63, 3.8) is 0 Å². The quantitative estimate of drug-likeness (QED) is 0.787. The lowest BCUT2D eigenvalue weighted by atomic mass is 9.83. The van der Waals surface area contributed by atoms with E-state index in [1.54, 1.807) is 0 Å². The van der Waals surface area contributed by atoms with Crippen molar-refractivity contribution in [2.75, 3.05) is 20.2 Å². The van der Waals surface area contributed by atoms with E-state index in [1.807, 2.05) is 4.90 Å². The Bertz CT molecular complexity index is 363. The Hall–Kier alpha value is -1.10. The summed E-state index contributed by atoms with van der Waals surface area (Å²) in [5.41, 5.74) is 5.88. The van der Waals surface area contributed by atoms with Crippen LogP contribution in [0.3, 0.4) is 0 Å². The van der Waals surface area contributed by atoms with Crippen molar-refractivity contribution in [2.45, 2.75) is 58.9 Å². The van der Waals surface area contributed by atoms with Crippen molar-refractivity contribution in [3.05, 3.63) is 0 Å². The van der Waals surface area contributed by atoms with E-state index in [4.69, 9.17) is 10.5 Å². The van der Waals surface area contributed by atoms with Crippen molar-refractivity contribution >= 4 is 11.9 Å². The summed E-state index contributed by atoms with van der Waals surface area (Å²) in [6.07, 6.45) is 3.97. The van der Waals surface area contributed by atoms with Crippen molar-refractivity contribution in [2.24, 2.45) is 17.1 Å². The highest BCUT2D eigenvalue weighted by Crippen LogP contribution is 2.28. The topological polar surface area (TPSA) is 72.6 Å². The molecular formula is C16H30N2O3. The molecule has 0 spiro atoms. The van der Waals surface area contributed by atoms with Crippen LogP contribution in [0.5, 0.6) is 0 Å². The van der Waals surface area contributed by atoms with Crippen LogP contribution < -0.4 is 5.73 Å². The molecule has 2 unspecified atom stereocenters. The van der Waals surface area contributed by atoms with Crippen LogP contribution in [-0.4, -0.2) is 43.0 Å². The van der Waals surface area contributed by atoms with Gasteiger partial charge in [-0.25, -0.2) is 0 Å². The maximum atomic E-state index is 12.8. The fourth-order valence-electron chi connectivity index (χ4n) is 3.02. The lowest BCUT2D eigenvalue weighted by Crippen LogP contribution is -2.49. The zero-order valence-electron chi connectivity index (χ0n) is 13.9. The number of esters is 1. The van der Waals surface area contributed by atoms with E-state index in [9.17, 15) is 9.59 Å². The lowest BCUT2D eigenvalue weighted by Gasteiger charge is -2.38. The number of piperidine rings is 1. The maximum absolute atomic E-state index is 12.8. The smallest absolute Gasteiger partial charge is 0.307 e. The Balaban J connectivity index is 2.77. The first-order valence-electron chi connectivity index (χ1n) is 7.86. The van der Waals surface area contributed by atoms with E-state index in [1.165, 1.54) is 7.11 Å². The first-order valence-corrected chi connectivity index (χ1v) is 7.86. The fourth-order valence-corrected chi connectivity index (χ4v) is 3.02. The van der Waals surface area contributed by atoms with Crippen LogP contribution in [-0.2, 0) is 14.3 Å². The van der Waals surface area contributed by atoms with Crippen molar-refractivity contribution < 1.29 is 14.3 Å². The Morgan fingerprint density at radius 2 is 2.00 bits per heavy atom. The first kappa shape index (κ1) is 18.0. The second-order valence-electron chi connectivity index (χ2n) is 7.16. The minimum Gasteiger partial charge on any atom is -0.469 e. The van der Waals surface area contributed by atoms with Gasteiger partial charge < -0.3 is 15.4 Å². The van der Waals surface area contributed by atoms with E-state index >= 15 is 0 Å². The summed E-state index contributed by atoms with van der Waals surface area (Å²) in [6, 6.07) is -0.0345. The molecular weight excluding hydrogens is 268 g/mol. The predicted octanol–water partition coefficient (Wildman–Crippen LogP) is 1.94. The van der Waals surface area contributed by atoms with Gasteiger partial charge in [0, 0.05) is 19.1 Å². The minimum absolute atomic E-state index is 0.0345. The number of nitrogens with zero attached hydrogens (tertiary/aromatic N) is 1. The van der Waals surface area contributed by atoms with E-state index in [0.717, 1.165) is 32.2 Å². The summed E-state index contributed by atoms with van der Waals surface area (Å²) in [6.45, 7) is 7.43. The van der Waals surface area contributed by atoms with E-state index in [2.05, 4.69) is 20.8 Å². The average Bonchev–Trinajstić information content (AvgIpc) is 2.43. The van der Waals surface area contributed by atoms with E-state index in [-0.39, 0.29) is 35.7 Å². The third-order valence-corrected chi connectivity index (χ3v) is 4.03. The number of carbonyl (C=O) groups excluding carboxylic acids is 2. The molecule has 1 heterocycles. The van der Waals surface area contributed by atoms with Gasteiger partial charge in [-0.3, -0.25) is 9.59 Å². The van der Waals surface area contributed by atoms with Crippen molar-refractivity contribution in [3.8, 4) is 0 Å². The molecule has 5 nitrogen and oxygen atoms in total. The molecule has 2 N–H and O–H groups in total. The lowest BCUT2D eigenvalue weighted by molar-refractivity contribution is -0.146. The van der Waals surface area contributed by atoms with Gasteiger partial charge in [-0.05, 0) is 31.1 Å². The number of carbonyl (C=O) groups is 2. The number of nitrogens with two attached hydrogens (primary N) is 1. The fraction of sp³-hybridized carbons (Fsp3) is 0.875. The molecule has 0 aromatic rings. The molecule has 5 heteroatoms. The highest BCUT2D eigenvalue weighted by molar-refractivity contribution is 5.80. The third kappa shape index (κ3) is 5.65. The van der Waals surface area contributed by atoms with Gasteiger partial charge in [-0.1, -0.05) is 20.8 Å². The molecule has 0 aliphatic carbocycles. The summed E-state index contributed by atoms with van der Waals surface area (Å²) in [5, 5.41) is 0. The van der Waals surface area contributed by atoms with Gasteiger partial charge in [0.1, 0.15) is 0 Å². The first-order chi connectivity index (χ1) is 9.78. The van der Waals surface area contributed by atoms with Crippen LogP contribution >= 0.6 is 0 Å². The largest absolute Gasteiger partial charge is 0.469 e. The van der Waals surface area contributed by atoms with E-state index in [0.29, 0.717) is 6.54 Å². The number of amides is 1. The maximum Gasteiger partial charge on any atom is 0.307 e. The molecule has 1 amide bonds. The predicted molar refractivity (Wildman–Crippen MR) is 82.6 cm³/mol. The molecule has 0 radical (unpaired) electrons. The van der Waals surface area contributed by atoms with Crippen LogP contribution in [0.25, 0.3) is 0 Å². The van der Waals surface area contributed by atoms with Gasteiger partial charge in [0.15, 0.2) is 0 Å². The second kappa shape index (κ2) is 7.78. The molecule has 21 heavy (non-hydrogen) atoms. The summed E-state index contributed by atoms with van der Waals surface area (Å²) in [4.78, 5) is 26.2. The third-order valence-electron chi connectivity index (χ3n) is 4.03. The molecule has 122 valence electrons. The standard InChI is InChI=1S/C16H30N2O3/c1-16(2,3)10-12(11-17)15(20)18-8-6-5-7-13(18)9-14(19)21-4/h12-13H,5-11,17H2,1-4H3. The zero-order valence-corrected chi connectivity index (χ0v) is 13.9. The molecule has 0 bridgehead atoms.